The highest BCUT2D eigenvalue weighted by atomic mass is 32.2. The number of nitrogens with zero attached hydrogens (tertiary/aromatic N) is 2. The van der Waals surface area contributed by atoms with Crippen LogP contribution in [0.25, 0.3) is 78.1 Å². The fourth-order valence-electron chi connectivity index (χ4n) is 9.74. The lowest BCUT2D eigenvalue weighted by Gasteiger charge is -2.40. The van der Waals surface area contributed by atoms with Crippen molar-refractivity contribution >= 4 is 22.5 Å². The van der Waals surface area contributed by atoms with Crippen LogP contribution in [0.15, 0.2) is 228 Å². The SMILES string of the molecule is c1ccc(-c2nc(-c3cccc(-c4ccc5c(c4)C4(c6ccccc6S5)c5ccccc5-c5ccccc54)c3)cc(-c3ccc(-c4ccccc4)c4ccccc34)n2)cc1. The summed E-state index contributed by atoms with van der Waals surface area (Å²) in [5.41, 5.74) is 17.2. The van der Waals surface area contributed by atoms with Gasteiger partial charge in [-0.25, -0.2) is 9.97 Å². The highest BCUT2D eigenvalue weighted by molar-refractivity contribution is 7.99. The molecule has 1 aliphatic heterocycles. The lowest BCUT2D eigenvalue weighted by molar-refractivity contribution is 0.723. The molecule has 0 radical (unpaired) electrons. The standard InChI is InChI=1S/C57H36N2S/c1-3-16-37(17-4-1)42-31-32-47(44-23-8-7-22-43(42)44)53-36-52(58-56(59-53)38-18-5-2-6-19-38)41-21-15-20-39(34-41)40-30-33-55-51(35-40)57(50-28-13-14-29-54(50)60-55)48-26-11-9-24-45(48)46-25-10-12-27-49(46)57/h1-36H. The summed E-state index contributed by atoms with van der Waals surface area (Å²) in [6.45, 7) is 0. The van der Waals surface area contributed by atoms with Gasteiger partial charge in [0.2, 0.25) is 0 Å². The predicted octanol–water partition coefficient (Wildman–Crippen LogP) is 14.8. The Labute approximate surface area is 353 Å². The zero-order valence-corrected chi connectivity index (χ0v) is 33.4. The van der Waals surface area contributed by atoms with E-state index in [9.17, 15) is 0 Å². The van der Waals surface area contributed by atoms with E-state index in [1.807, 2.05) is 17.8 Å². The Hall–Kier alpha value is -7.33. The van der Waals surface area contributed by atoms with Gasteiger partial charge in [0.15, 0.2) is 5.82 Å². The van der Waals surface area contributed by atoms with Crippen LogP contribution in [0.3, 0.4) is 0 Å². The van der Waals surface area contributed by atoms with Gasteiger partial charge in [0, 0.05) is 26.5 Å². The quantitative estimate of drug-likeness (QED) is 0.174. The van der Waals surface area contributed by atoms with Gasteiger partial charge in [-0.15, -0.1) is 0 Å². The highest BCUT2D eigenvalue weighted by Gasteiger charge is 2.50. The molecule has 0 atom stereocenters. The molecule has 0 amide bonds. The van der Waals surface area contributed by atoms with E-state index in [2.05, 4.69) is 212 Å². The first kappa shape index (κ1) is 34.7. The summed E-state index contributed by atoms with van der Waals surface area (Å²) >= 11 is 1.88. The molecule has 0 saturated carbocycles. The zero-order chi connectivity index (χ0) is 39.6. The van der Waals surface area contributed by atoms with Crippen LogP contribution in [0.1, 0.15) is 22.3 Å². The molecule has 0 N–H and O–H groups in total. The molecule has 2 nitrogen and oxygen atoms in total. The molecule has 10 aromatic rings. The van der Waals surface area contributed by atoms with Gasteiger partial charge in [-0.2, -0.15) is 0 Å². The first-order valence-electron chi connectivity index (χ1n) is 20.5. The smallest absolute Gasteiger partial charge is 0.160 e. The van der Waals surface area contributed by atoms with Crippen molar-refractivity contribution < 1.29 is 0 Å². The summed E-state index contributed by atoms with van der Waals surface area (Å²) < 4.78 is 0. The molecule has 0 unspecified atom stereocenters. The topological polar surface area (TPSA) is 25.8 Å². The zero-order valence-electron chi connectivity index (χ0n) is 32.6. The molecule has 280 valence electrons. The Bertz CT molecular complexity index is 3250. The van der Waals surface area contributed by atoms with Gasteiger partial charge in [-0.05, 0) is 96.7 Å². The molecule has 0 saturated heterocycles. The van der Waals surface area contributed by atoms with Crippen molar-refractivity contribution in [2.24, 2.45) is 0 Å². The van der Waals surface area contributed by atoms with Crippen LogP contribution in [0.5, 0.6) is 0 Å². The van der Waals surface area contributed by atoms with Crippen molar-refractivity contribution in [2.75, 3.05) is 0 Å². The van der Waals surface area contributed by atoms with Gasteiger partial charge in [-0.1, -0.05) is 200 Å². The number of rotatable bonds is 5. The maximum absolute atomic E-state index is 5.27. The van der Waals surface area contributed by atoms with Crippen LogP contribution >= 0.6 is 11.8 Å². The van der Waals surface area contributed by atoms with Crippen LogP contribution < -0.4 is 0 Å². The molecule has 3 heteroatoms. The second-order valence-electron chi connectivity index (χ2n) is 15.6. The van der Waals surface area contributed by atoms with Gasteiger partial charge in [-0.3, -0.25) is 0 Å². The second kappa shape index (κ2) is 13.9. The van der Waals surface area contributed by atoms with Crippen molar-refractivity contribution in [2.45, 2.75) is 15.2 Å². The van der Waals surface area contributed by atoms with E-state index in [1.165, 1.54) is 65.2 Å². The molecular weight excluding hydrogens is 745 g/mol. The first-order chi connectivity index (χ1) is 29.7. The fourth-order valence-corrected chi connectivity index (χ4v) is 10.9. The average molecular weight is 781 g/mol. The number of fused-ring (bicyclic) bond motifs is 10. The van der Waals surface area contributed by atoms with E-state index in [-0.39, 0.29) is 0 Å². The summed E-state index contributed by atoms with van der Waals surface area (Å²) in [6.07, 6.45) is 0. The van der Waals surface area contributed by atoms with E-state index in [0.29, 0.717) is 5.82 Å². The van der Waals surface area contributed by atoms with Gasteiger partial charge < -0.3 is 0 Å². The van der Waals surface area contributed by atoms with Gasteiger partial charge in [0.25, 0.3) is 0 Å². The molecule has 1 aromatic heterocycles. The van der Waals surface area contributed by atoms with Gasteiger partial charge in [0.05, 0.1) is 16.8 Å². The molecule has 1 spiro atoms. The minimum absolute atomic E-state index is 0.428. The van der Waals surface area contributed by atoms with Crippen LogP contribution in [0.2, 0.25) is 0 Å². The largest absolute Gasteiger partial charge is 0.228 e. The lowest BCUT2D eigenvalue weighted by atomic mass is 9.67. The third-order valence-corrected chi connectivity index (χ3v) is 13.5. The summed E-state index contributed by atoms with van der Waals surface area (Å²) in [7, 11) is 0. The number of benzene rings is 9. The molecule has 9 aromatic carbocycles. The van der Waals surface area contributed by atoms with E-state index < -0.39 is 5.41 Å². The molecule has 2 heterocycles. The summed E-state index contributed by atoms with van der Waals surface area (Å²) in [4.78, 5) is 13.1. The number of aromatic nitrogens is 2. The van der Waals surface area contributed by atoms with E-state index in [0.717, 1.165) is 39.0 Å². The predicted molar refractivity (Wildman–Crippen MR) is 248 cm³/mol. The molecule has 60 heavy (non-hydrogen) atoms. The molecular formula is C57H36N2S. The van der Waals surface area contributed by atoms with Crippen LogP contribution in [-0.4, -0.2) is 9.97 Å². The van der Waals surface area contributed by atoms with Gasteiger partial charge in [0.1, 0.15) is 0 Å². The molecule has 0 bridgehead atoms. The first-order valence-corrected chi connectivity index (χ1v) is 21.3. The Balaban J connectivity index is 1.02. The molecule has 12 rings (SSSR count). The number of hydrogen-bond donors (Lipinski definition) is 0. The number of hydrogen-bond acceptors (Lipinski definition) is 3. The summed E-state index contributed by atoms with van der Waals surface area (Å²) in [6, 6.07) is 79.2. The fraction of sp³-hybridized carbons (Fsp3) is 0.0175. The average Bonchev–Trinajstić information content (AvgIpc) is 3.62. The third kappa shape index (κ3) is 5.36. The van der Waals surface area contributed by atoms with Crippen molar-refractivity contribution in [3.8, 4) is 67.3 Å². The Morgan fingerprint density at radius 2 is 0.833 bits per heavy atom. The minimum Gasteiger partial charge on any atom is -0.228 e. The van der Waals surface area contributed by atoms with Crippen molar-refractivity contribution in [1.82, 2.24) is 9.97 Å². The van der Waals surface area contributed by atoms with E-state index >= 15 is 0 Å². The van der Waals surface area contributed by atoms with Crippen molar-refractivity contribution in [3.63, 3.8) is 0 Å². The van der Waals surface area contributed by atoms with Crippen molar-refractivity contribution in [1.29, 1.82) is 0 Å². The summed E-state index contributed by atoms with van der Waals surface area (Å²) in [5.74, 6) is 0.703. The van der Waals surface area contributed by atoms with Crippen LogP contribution in [0, 0.1) is 0 Å². The Morgan fingerprint density at radius 3 is 1.58 bits per heavy atom. The minimum atomic E-state index is -0.428. The molecule has 2 aliphatic rings. The van der Waals surface area contributed by atoms with E-state index in [1.54, 1.807) is 0 Å². The second-order valence-corrected chi connectivity index (χ2v) is 16.7. The molecule has 1 aliphatic carbocycles. The highest BCUT2D eigenvalue weighted by Crippen LogP contribution is 2.62. The maximum atomic E-state index is 5.27. The van der Waals surface area contributed by atoms with Crippen LogP contribution in [-0.2, 0) is 5.41 Å². The third-order valence-electron chi connectivity index (χ3n) is 12.4. The lowest BCUT2D eigenvalue weighted by Crippen LogP contribution is -2.32. The monoisotopic (exact) mass is 780 g/mol. The van der Waals surface area contributed by atoms with Crippen LogP contribution in [0.4, 0.5) is 0 Å². The summed E-state index contributed by atoms with van der Waals surface area (Å²) in [5, 5.41) is 2.36. The Kier molecular flexibility index (Phi) is 8.04. The maximum Gasteiger partial charge on any atom is 0.160 e. The normalized spacial score (nSPS) is 13.1. The van der Waals surface area contributed by atoms with E-state index in [4.69, 9.17) is 9.97 Å². The molecule has 0 fully saturated rings. The van der Waals surface area contributed by atoms with Gasteiger partial charge >= 0.3 is 0 Å². The van der Waals surface area contributed by atoms with Crippen molar-refractivity contribution in [3.05, 3.63) is 241 Å². The Morgan fingerprint density at radius 1 is 0.300 bits per heavy atom.